The molecular weight excluding hydrogens is 514 g/mol. The van der Waals surface area contributed by atoms with Gasteiger partial charge in [0.1, 0.15) is 18.4 Å². The van der Waals surface area contributed by atoms with E-state index >= 15 is 0 Å². The van der Waals surface area contributed by atoms with Gasteiger partial charge in [-0.3, -0.25) is 0 Å². The molecule has 1 saturated carbocycles. The summed E-state index contributed by atoms with van der Waals surface area (Å²) >= 11 is 0. The Hall–Kier alpha value is -3.13. The zero-order valence-corrected chi connectivity index (χ0v) is 19.2. The second-order valence-corrected chi connectivity index (χ2v) is 10.0. The molecule has 0 radical (unpaired) electrons. The van der Waals surface area contributed by atoms with Gasteiger partial charge >= 0.3 is 12.5 Å². The molecule has 1 fully saturated rings. The van der Waals surface area contributed by atoms with Crippen molar-refractivity contribution in [2.45, 2.75) is 55.2 Å². The molecule has 1 N–H and O–H groups in total. The van der Waals surface area contributed by atoms with Crippen LogP contribution in [0.1, 0.15) is 37.3 Å². The van der Waals surface area contributed by atoms with Crippen LogP contribution in [-0.4, -0.2) is 35.6 Å². The minimum atomic E-state index is -4.98. The number of sulfonamides is 1. The highest BCUT2D eigenvalue weighted by Crippen LogP contribution is 2.38. The number of hydrogen-bond donors (Lipinski definition) is 1. The van der Waals surface area contributed by atoms with Crippen LogP contribution in [0.4, 0.5) is 26.3 Å². The number of ether oxygens (including phenoxy) is 1. The zero-order chi connectivity index (χ0) is 26.1. The fraction of sp³-hybridized carbons (Fsp3) is 0.364. The standard InChI is InChI=1S/C22H20F6N4O3S/c23-21(24,25)19-8-7-15(14-3-1-6-18(9-14)35-22(26,27)28)10-20(19)36(33,34)31-16-4-2-5-17(11-16)32-12-29-30-13-32/h1,3,6-10,12-13,16-17,31H,2,4-5,11H2/t16-,17+/m0/s1. The Balaban J connectivity index is 1.66. The lowest BCUT2D eigenvalue weighted by molar-refractivity contribution is -0.274. The molecule has 14 heteroatoms. The summed E-state index contributed by atoms with van der Waals surface area (Å²) in [5.41, 5.74) is -1.36. The molecule has 7 nitrogen and oxygen atoms in total. The van der Waals surface area contributed by atoms with Crippen molar-refractivity contribution in [3.05, 3.63) is 60.7 Å². The Morgan fingerprint density at radius 2 is 1.64 bits per heavy atom. The van der Waals surface area contributed by atoms with Crippen LogP contribution in [0.5, 0.6) is 5.75 Å². The summed E-state index contributed by atoms with van der Waals surface area (Å²) in [7, 11) is -4.66. The van der Waals surface area contributed by atoms with Crippen LogP contribution in [0, 0.1) is 0 Å². The third-order valence-electron chi connectivity index (χ3n) is 5.80. The number of nitrogens with zero attached hydrogens (tertiary/aromatic N) is 3. The van der Waals surface area contributed by atoms with Crippen molar-refractivity contribution in [2.24, 2.45) is 0 Å². The lowest BCUT2D eigenvalue weighted by Crippen LogP contribution is -2.39. The fourth-order valence-electron chi connectivity index (χ4n) is 4.25. The molecule has 1 aliphatic carbocycles. The third kappa shape index (κ3) is 6.16. The fourth-order valence-corrected chi connectivity index (χ4v) is 5.79. The number of halogens is 6. The SMILES string of the molecule is O=S(=O)(N[C@H]1CCC[C@@H](n2cnnc2)C1)c1cc(-c2cccc(OC(F)(F)F)c2)ccc1C(F)(F)F. The highest BCUT2D eigenvalue weighted by Gasteiger charge is 2.38. The van der Waals surface area contributed by atoms with E-state index in [1.165, 1.54) is 24.8 Å². The van der Waals surface area contributed by atoms with Gasteiger partial charge < -0.3 is 9.30 Å². The van der Waals surface area contributed by atoms with Crippen molar-refractivity contribution in [2.75, 3.05) is 0 Å². The first-order valence-corrected chi connectivity index (χ1v) is 12.2. The van der Waals surface area contributed by atoms with E-state index < -0.39 is 44.8 Å². The van der Waals surface area contributed by atoms with E-state index in [2.05, 4.69) is 19.7 Å². The van der Waals surface area contributed by atoms with Gasteiger partial charge in [-0.1, -0.05) is 18.2 Å². The number of nitrogens with one attached hydrogen (secondary N) is 1. The topological polar surface area (TPSA) is 86.1 Å². The van der Waals surface area contributed by atoms with Crippen LogP contribution in [0.3, 0.4) is 0 Å². The largest absolute Gasteiger partial charge is 0.573 e. The maximum atomic E-state index is 13.7. The molecule has 1 aromatic heterocycles. The predicted octanol–water partition coefficient (Wildman–Crippen LogP) is 5.32. The Kier molecular flexibility index (Phi) is 7.01. The van der Waals surface area contributed by atoms with Gasteiger partial charge in [-0.2, -0.15) is 13.2 Å². The van der Waals surface area contributed by atoms with Crippen LogP contribution in [0.2, 0.25) is 0 Å². The predicted molar refractivity (Wildman–Crippen MR) is 115 cm³/mol. The first-order chi connectivity index (χ1) is 16.8. The van der Waals surface area contributed by atoms with Crippen LogP contribution >= 0.6 is 0 Å². The first-order valence-electron chi connectivity index (χ1n) is 10.8. The summed E-state index contributed by atoms with van der Waals surface area (Å²) in [6.07, 6.45) is -4.86. The van der Waals surface area contributed by atoms with Crippen LogP contribution < -0.4 is 9.46 Å². The average molecular weight is 534 g/mol. The molecule has 0 bridgehead atoms. The molecule has 2 atom stereocenters. The number of rotatable bonds is 6. The van der Waals surface area contributed by atoms with E-state index in [0.717, 1.165) is 30.7 Å². The summed E-state index contributed by atoms with van der Waals surface area (Å²) in [5, 5.41) is 7.45. The van der Waals surface area contributed by atoms with Gasteiger partial charge in [-0.05, 0) is 61.1 Å². The molecule has 0 unspecified atom stereocenters. The molecule has 2 aromatic carbocycles. The highest BCUT2D eigenvalue weighted by atomic mass is 32.2. The summed E-state index contributed by atoms with van der Waals surface area (Å²) in [6.45, 7) is 0. The molecule has 1 aliphatic rings. The summed E-state index contributed by atoms with van der Waals surface area (Å²) in [4.78, 5) is -1.01. The monoisotopic (exact) mass is 534 g/mol. The van der Waals surface area contributed by atoms with E-state index in [4.69, 9.17) is 0 Å². The van der Waals surface area contributed by atoms with Crippen molar-refractivity contribution in [3.63, 3.8) is 0 Å². The van der Waals surface area contributed by atoms with Gasteiger partial charge in [0.15, 0.2) is 0 Å². The van der Waals surface area contributed by atoms with Gasteiger partial charge in [-0.15, -0.1) is 23.4 Å². The molecule has 0 amide bonds. The maximum absolute atomic E-state index is 13.7. The van der Waals surface area contributed by atoms with E-state index in [-0.39, 0.29) is 17.2 Å². The van der Waals surface area contributed by atoms with Crippen molar-refractivity contribution in [1.82, 2.24) is 19.5 Å². The van der Waals surface area contributed by atoms with Gasteiger partial charge in [0.05, 0.1) is 10.5 Å². The Bertz CT molecular complexity index is 1310. The molecule has 194 valence electrons. The highest BCUT2D eigenvalue weighted by molar-refractivity contribution is 7.89. The van der Waals surface area contributed by atoms with Crippen LogP contribution in [0.15, 0.2) is 60.0 Å². The number of hydrogen-bond acceptors (Lipinski definition) is 5. The van der Waals surface area contributed by atoms with Gasteiger partial charge in [0.25, 0.3) is 0 Å². The smallest absolute Gasteiger partial charge is 0.406 e. The van der Waals surface area contributed by atoms with E-state index in [1.807, 2.05) is 0 Å². The van der Waals surface area contributed by atoms with E-state index in [9.17, 15) is 34.8 Å². The summed E-state index contributed by atoms with van der Waals surface area (Å²) < 4.78 is 113. The quantitative estimate of drug-likeness (QED) is 0.433. The number of benzene rings is 2. The van der Waals surface area contributed by atoms with Crippen LogP contribution in [0.25, 0.3) is 11.1 Å². The Labute approximate surface area is 202 Å². The minimum absolute atomic E-state index is 0.0259. The van der Waals surface area contributed by atoms with E-state index in [0.29, 0.717) is 25.3 Å². The second kappa shape index (κ2) is 9.73. The van der Waals surface area contributed by atoms with Crippen LogP contribution in [-0.2, 0) is 16.2 Å². The lowest BCUT2D eigenvalue weighted by Gasteiger charge is -2.30. The molecule has 0 aliphatic heterocycles. The van der Waals surface area contributed by atoms with Gasteiger partial charge in [0.2, 0.25) is 10.0 Å². The third-order valence-corrected chi connectivity index (χ3v) is 7.36. The average Bonchev–Trinajstić information content (AvgIpc) is 3.32. The van der Waals surface area contributed by atoms with Crippen molar-refractivity contribution >= 4 is 10.0 Å². The van der Waals surface area contributed by atoms with E-state index in [1.54, 1.807) is 4.57 Å². The molecule has 0 spiro atoms. The zero-order valence-electron chi connectivity index (χ0n) is 18.4. The van der Waals surface area contributed by atoms with Crippen molar-refractivity contribution in [1.29, 1.82) is 0 Å². The lowest BCUT2D eigenvalue weighted by atomic mass is 9.91. The normalized spacial score (nSPS) is 19.3. The molecule has 3 aromatic rings. The molecule has 0 saturated heterocycles. The number of alkyl halides is 6. The summed E-state index contributed by atoms with van der Waals surface area (Å²) in [6, 6.07) is 6.18. The molecule has 1 heterocycles. The Morgan fingerprint density at radius 1 is 0.944 bits per heavy atom. The van der Waals surface area contributed by atoms with Crippen molar-refractivity contribution in [3.8, 4) is 16.9 Å². The molecule has 36 heavy (non-hydrogen) atoms. The molecule has 4 rings (SSSR count). The minimum Gasteiger partial charge on any atom is -0.406 e. The summed E-state index contributed by atoms with van der Waals surface area (Å²) in [5.74, 6) is -0.593. The number of aromatic nitrogens is 3. The van der Waals surface area contributed by atoms with Crippen molar-refractivity contribution < 1.29 is 39.5 Å². The van der Waals surface area contributed by atoms with Gasteiger partial charge in [-0.25, -0.2) is 13.1 Å². The van der Waals surface area contributed by atoms with Gasteiger partial charge in [0, 0.05) is 12.1 Å². The molecular formula is C22H20F6N4O3S. The first kappa shape index (κ1) is 25.9. The second-order valence-electron chi connectivity index (χ2n) is 8.33. The Morgan fingerprint density at radius 3 is 2.31 bits per heavy atom. The maximum Gasteiger partial charge on any atom is 0.573 e.